The Labute approximate surface area is 155 Å². The van der Waals surface area contributed by atoms with Crippen molar-refractivity contribution < 1.29 is 14.3 Å². The van der Waals surface area contributed by atoms with Crippen LogP contribution >= 0.6 is 0 Å². The molecule has 0 aromatic heterocycles. The van der Waals surface area contributed by atoms with E-state index in [4.69, 9.17) is 4.74 Å². The highest BCUT2D eigenvalue weighted by molar-refractivity contribution is 5.99. The van der Waals surface area contributed by atoms with Gasteiger partial charge in [0, 0.05) is 37.4 Å². The summed E-state index contributed by atoms with van der Waals surface area (Å²) in [4.78, 5) is 27.0. The number of ether oxygens (including phenoxy) is 1. The van der Waals surface area contributed by atoms with E-state index in [0.717, 1.165) is 5.56 Å². The number of hydrogen-bond donors (Lipinski definition) is 1. The summed E-state index contributed by atoms with van der Waals surface area (Å²) < 4.78 is 4.93. The van der Waals surface area contributed by atoms with E-state index in [1.807, 2.05) is 44.2 Å². The minimum absolute atomic E-state index is 0.0434. The van der Waals surface area contributed by atoms with Crippen molar-refractivity contribution in [2.75, 3.05) is 20.3 Å². The van der Waals surface area contributed by atoms with Crippen LogP contribution in [0.5, 0.6) is 0 Å². The molecule has 5 heteroatoms. The lowest BCUT2D eigenvalue weighted by molar-refractivity contribution is 0.0690. The van der Waals surface area contributed by atoms with Crippen molar-refractivity contribution in [1.82, 2.24) is 10.2 Å². The molecular weight excluding hydrogens is 328 g/mol. The van der Waals surface area contributed by atoms with Gasteiger partial charge in [-0.2, -0.15) is 0 Å². The van der Waals surface area contributed by atoms with E-state index in [9.17, 15) is 9.59 Å². The first-order valence-corrected chi connectivity index (χ1v) is 8.75. The van der Waals surface area contributed by atoms with E-state index < -0.39 is 0 Å². The van der Waals surface area contributed by atoms with Crippen LogP contribution < -0.4 is 5.32 Å². The molecule has 2 aromatic carbocycles. The lowest BCUT2D eigenvalue weighted by Gasteiger charge is -2.27. The number of hydrogen-bond acceptors (Lipinski definition) is 3. The van der Waals surface area contributed by atoms with Crippen LogP contribution in [0.15, 0.2) is 54.6 Å². The first-order chi connectivity index (χ1) is 12.5. The second-order valence-electron chi connectivity index (χ2n) is 6.34. The second-order valence-corrected chi connectivity index (χ2v) is 6.34. The van der Waals surface area contributed by atoms with E-state index >= 15 is 0 Å². The van der Waals surface area contributed by atoms with Crippen LogP contribution in [-0.2, 0) is 11.3 Å². The molecular formula is C21H26N2O3. The molecule has 2 rings (SSSR count). The molecule has 0 aliphatic heterocycles. The summed E-state index contributed by atoms with van der Waals surface area (Å²) in [7, 11) is 1.58. The summed E-state index contributed by atoms with van der Waals surface area (Å²) in [6.07, 6.45) is 0. The molecule has 0 atom stereocenters. The van der Waals surface area contributed by atoms with Crippen LogP contribution in [0, 0.1) is 0 Å². The van der Waals surface area contributed by atoms with Crippen molar-refractivity contribution in [2.45, 2.75) is 26.4 Å². The van der Waals surface area contributed by atoms with Crippen LogP contribution in [0.4, 0.5) is 0 Å². The third-order valence-corrected chi connectivity index (χ3v) is 4.04. The Kier molecular flexibility index (Phi) is 7.36. The van der Waals surface area contributed by atoms with Crippen molar-refractivity contribution in [1.29, 1.82) is 0 Å². The fourth-order valence-electron chi connectivity index (χ4n) is 2.60. The third kappa shape index (κ3) is 5.43. The van der Waals surface area contributed by atoms with Crippen LogP contribution in [0.3, 0.4) is 0 Å². The highest BCUT2D eigenvalue weighted by Gasteiger charge is 2.20. The molecule has 0 heterocycles. The van der Waals surface area contributed by atoms with Gasteiger partial charge in [0.05, 0.1) is 6.61 Å². The molecule has 0 bridgehead atoms. The monoisotopic (exact) mass is 354 g/mol. The molecule has 0 radical (unpaired) electrons. The van der Waals surface area contributed by atoms with Crippen molar-refractivity contribution in [2.24, 2.45) is 0 Å². The van der Waals surface area contributed by atoms with Gasteiger partial charge in [0.25, 0.3) is 11.8 Å². The van der Waals surface area contributed by atoms with E-state index in [0.29, 0.717) is 30.8 Å². The van der Waals surface area contributed by atoms with Crippen LogP contribution in [0.2, 0.25) is 0 Å². The quantitative estimate of drug-likeness (QED) is 0.741. The van der Waals surface area contributed by atoms with E-state index in [2.05, 4.69) is 5.32 Å². The normalized spacial score (nSPS) is 10.6. The van der Waals surface area contributed by atoms with Crippen LogP contribution in [-0.4, -0.2) is 43.0 Å². The zero-order chi connectivity index (χ0) is 18.9. The number of methoxy groups -OCH3 is 1. The maximum absolute atomic E-state index is 13.0. The average Bonchev–Trinajstić information content (AvgIpc) is 2.66. The molecule has 2 amide bonds. The smallest absolute Gasteiger partial charge is 0.254 e. The summed E-state index contributed by atoms with van der Waals surface area (Å²) in [6.45, 7) is 5.38. The molecule has 0 saturated carbocycles. The first-order valence-electron chi connectivity index (χ1n) is 8.75. The molecule has 0 aliphatic carbocycles. The van der Waals surface area contributed by atoms with Gasteiger partial charge in [-0.3, -0.25) is 9.59 Å². The Morgan fingerprint density at radius 3 is 2.38 bits per heavy atom. The molecule has 5 nitrogen and oxygen atoms in total. The molecule has 0 aliphatic rings. The van der Waals surface area contributed by atoms with Crippen molar-refractivity contribution >= 4 is 11.8 Å². The lowest BCUT2D eigenvalue weighted by atomic mass is 10.1. The van der Waals surface area contributed by atoms with Gasteiger partial charge in [-0.25, -0.2) is 0 Å². The number of rotatable bonds is 8. The fraction of sp³-hybridized carbons (Fsp3) is 0.333. The Bertz CT molecular complexity index is 729. The molecule has 0 fully saturated rings. The standard InChI is InChI=1S/C21H26N2O3/c1-16(2)23(15-17-8-5-4-6-9-17)21(25)19-11-7-10-18(14-19)20(24)22-12-13-26-3/h4-11,14,16H,12-13,15H2,1-3H3,(H,22,24). The molecule has 2 aromatic rings. The first kappa shape index (κ1) is 19.7. The van der Waals surface area contributed by atoms with Gasteiger partial charge in [0.15, 0.2) is 0 Å². The van der Waals surface area contributed by atoms with Crippen LogP contribution in [0.25, 0.3) is 0 Å². The van der Waals surface area contributed by atoms with Crippen molar-refractivity contribution in [3.63, 3.8) is 0 Å². The average molecular weight is 354 g/mol. The SMILES string of the molecule is COCCNC(=O)c1cccc(C(=O)N(Cc2ccccc2)C(C)C)c1. The zero-order valence-electron chi connectivity index (χ0n) is 15.6. The summed E-state index contributed by atoms with van der Waals surface area (Å²) in [5.74, 6) is -0.300. The number of benzene rings is 2. The Hall–Kier alpha value is -2.66. The Balaban J connectivity index is 2.15. The number of carbonyl (C=O) groups excluding carboxylic acids is 2. The predicted molar refractivity (Wildman–Crippen MR) is 102 cm³/mol. The number of nitrogens with one attached hydrogen (secondary N) is 1. The lowest BCUT2D eigenvalue weighted by Crippen LogP contribution is -2.36. The van der Waals surface area contributed by atoms with Gasteiger partial charge in [-0.15, -0.1) is 0 Å². The van der Waals surface area contributed by atoms with Gasteiger partial charge < -0.3 is 15.0 Å². The topological polar surface area (TPSA) is 58.6 Å². The molecule has 0 unspecified atom stereocenters. The van der Waals surface area contributed by atoms with E-state index in [1.54, 1.807) is 36.3 Å². The maximum atomic E-state index is 13.0. The van der Waals surface area contributed by atoms with Crippen LogP contribution in [0.1, 0.15) is 40.1 Å². The van der Waals surface area contributed by atoms with Gasteiger partial charge >= 0.3 is 0 Å². The molecule has 1 N–H and O–H groups in total. The highest BCUT2D eigenvalue weighted by Crippen LogP contribution is 2.15. The summed E-state index contributed by atoms with van der Waals surface area (Å²) >= 11 is 0. The molecule has 138 valence electrons. The molecule has 26 heavy (non-hydrogen) atoms. The number of amides is 2. The van der Waals surface area contributed by atoms with Gasteiger partial charge in [0.2, 0.25) is 0 Å². The Morgan fingerprint density at radius 2 is 1.73 bits per heavy atom. The van der Waals surface area contributed by atoms with Crippen molar-refractivity contribution in [3.8, 4) is 0 Å². The molecule has 0 saturated heterocycles. The Morgan fingerprint density at radius 1 is 1.04 bits per heavy atom. The second kappa shape index (κ2) is 9.73. The van der Waals surface area contributed by atoms with Crippen molar-refractivity contribution in [3.05, 3.63) is 71.3 Å². The maximum Gasteiger partial charge on any atom is 0.254 e. The third-order valence-electron chi connectivity index (χ3n) is 4.04. The highest BCUT2D eigenvalue weighted by atomic mass is 16.5. The van der Waals surface area contributed by atoms with Gasteiger partial charge in [-0.1, -0.05) is 36.4 Å². The minimum atomic E-state index is -0.212. The number of nitrogens with zero attached hydrogens (tertiary/aromatic N) is 1. The van der Waals surface area contributed by atoms with Gasteiger partial charge in [0.1, 0.15) is 0 Å². The summed E-state index contributed by atoms with van der Waals surface area (Å²) in [5.41, 5.74) is 2.05. The fourth-order valence-corrected chi connectivity index (χ4v) is 2.60. The predicted octanol–water partition coefficient (Wildman–Crippen LogP) is 3.11. The number of carbonyl (C=O) groups is 2. The molecule has 0 spiro atoms. The summed E-state index contributed by atoms with van der Waals surface area (Å²) in [5, 5.41) is 2.77. The zero-order valence-corrected chi connectivity index (χ0v) is 15.6. The van der Waals surface area contributed by atoms with E-state index in [1.165, 1.54) is 0 Å². The summed E-state index contributed by atoms with van der Waals surface area (Å²) in [6, 6.07) is 16.8. The van der Waals surface area contributed by atoms with E-state index in [-0.39, 0.29) is 17.9 Å². The largest absolute Gasteiger partial charge is 0.383 e. The minimum Gasteiger partial charge on any atom is -0.383 e. The van der Waals surface area contributed by atoms with Gasteiger partial charge in [-0.05, 0) is 37.6 Å².